The molecule has 0 aliphatic carbocycles. The van der Waals surface area contributed by atoms with Crippen LogP contribution in [0.15, 0.2) is 72.4 Å². The number of alkyl halides is 3. The van der Waals surface area contributed by atoms with Gasteiger partial charge in [-0.05, 0) is 60.3 Å². The number of nitro benzene ring substituents is 1. The average molecular weight is 515 g/mol. The minimum Gasteiger partial charge on any atom is -0.493 e. The Labute approximate surface area is 207 Å². The number of nitrogens with one attached hydrogen (secondary N) is 1. The predicted octanol–water partition coefficient (Wildman–Crippen LogP) is 5.68. The van der Waals surface area contributed by atoms with Crippen molar-refractivity contribution in [2.75, 3.05) is 12.0 Å². The highest BCUT2D eigenvalue weighted by Crippen LogP contribution is 2.40. The van der Waals surface area contributed by atoms with E-state index in [0.717, 1.165) is 6.07 Å². The van der Waals surface area contributed by atoms with E-state index in [1.54, 1.807) is 30.3 Å². The van der Waals surface area contributed by atoms with Crippen LogP contribution >= 0.6 is 12.2 Å². The molecule has 0 aromatic heterocycles. The molecule has 1 aliphatic rings. The van der Waals surface area contributed by atoms with E-state index in [9.17, 15) is 28.1 Å². The van der Waals surface area contributed by atoms with Gasteiger partial charge in [-0.15, -0.1) is 0 Å². The molecule has 0 unspecified atom stereocenters. The first-order valence-corrected chi connectivity index (χ1v) is 10.6. The Kier molecular flexibility index (Phi) is 6.62. The maximum absolute atomic E-state index is 13.0. The van der Waals surface area contributed by atoms with Crippen LogP contribution in [0.3, 0.4) is 0 Å². The fourth-order valence-electron chi connectivity index (χ4n) is 3.41. The van der Waals surface area contributed by atoms with E-state index < -0.39 is 28.1 Å². The smallest absolute Gasteiger partial charge is 0.416 e. The van der Waals surface area contributed by atoms with Crippen molar-refractivity contribution in [2.45, 2.75) is 6.18 Å². The van der Waals surface area contributed by atoms with Crippen LogP contribution in [0.25, 0.3) is 6.08 Å². The van der Waals surface area contributed by atoms with Crippen molar-refractivity contribution in [3.63, 3.8) is 0 Å². The molecule has 8 nitrogen and oxygen atoms in total. The van der Waals surface area contributed by atoms with Crippen LogP contribution in [-0.4, -0.2) is 23.1 Å². The number of methoxy groups -OCH3 is 1. The lowest BCUT2D eigenvalue weighted by Gasteiger charge is -2.13. The molecule has 0 bridgehead atoms. The fourth-order valence-corrected chi connectivity index (χ4v) is 3.71. The number of carbonyl (C=O) groups is 1. The van der Waals surface area contributed by atoms with E-state index in [2.05, 4.69) is 5.32 Å². The van der Waals surface area contributed by atoms with Crippen LogP contribution in [0.4, 0.5) is 24.5 Å². The Morgan fingerprint density at radius 1 is 1.03 bits per heavy atom. The van der Waals surface area contributed by atoms with Crippen LogP contribution in [0.5, 0.6) is 17.2 Å². The normalized spacial score (nSPS) is 14.7. The van der Waals surface area contributed by atoms with E-state index in [4.69, 9.17) is 21.7 Å². The van der Waals surface area contributed by atoms with Crippen LogP contribution in [0.1, 0.15) is 11.1 Å². The van der Waals surface area contributed by atoms with Gasteiger partial charge in [0.25, 0.3) is 5.91 Å². The van der Waals surface area contributed by atoms with Gasteiger partial charge in [-0.25, -0.2) is 0 Å². The van der Waals surface area contributed by atoms with Crippen LogP contribution in [-0.2, 0) is 11.0 Å². The molecular formula is C24H16F3N3O5S. The summed E-state index contributed by atoms with van der Waals surface area (Å²) in [6.07, 6.45) is -3.22. The SMILES string of the molecule is COc1cc(/C=C2\NC(=S)N(c3ccccc3)C2=O)ccc1Oc1ccc(C(F)(F)F)cc1[N+](=O)[O-]. The molecule has 4 rings (SSSR count). The third kappa shape index (κ3) is 4.98. The molecule has 1 heterocycles. The van der Waals surface area contributed by atoms with Crippen molar-refractivity contribution >= 4 is 40.7 Å². The first-order chi connectivity index (χ1) is 17.1. The molecule has 1 fully saturated rings. The summed E-state index contributed by atoms with van der Waals surface area (Å²) in [7, 11) is 1.32. The molecule has 36 heavy (non-hydrogen) atoms. The summed E-state index contributed by atoms with van der Waals surface area (Å²) in [4.78, 5) is 24.6. The highest BCUT2D eigenvalue weighted by molar-refractivity contribution is 7.80. The van der Waals surface area contributed by atoms with Gasteiger partial charge in [-0.1, -0.05) is 24.3 Å². The molecule has 184 valence electrons. The molecule has 0 radical (unpaired) electrons. The maximum atomic E-state index is 13.0. The second kappa shape index (κ2) is 9.66. The Morgan fingerprint density at radius 3 is 2.36 bits per heavy atom. The van der Waals surface area contributed by atoms with E-state index >= 15 is 0 Å². The molecule has 0 atom stereocenters. The third-order valence-corrected chi connectivity index (χ3v) is 5.38. The number of halogens is 3. The summed E-state index contributed by atoms with van der Waals surface area (Å²) >= 11 is 5.28. The van der Waals surface area contributed by atoms with Gasteiger partial charge in [0.05, 0.1) is 23.3 Å². The van der Waals surface area contributed by atoms with Crippen LogP contribution < -0.4 is 19.7 Å². The monoisotopic (exact) mass is 515 g/mol. The number of anilines is 1. The second-order valence-corrected chi connectivity index (χ2v) is 7.80. The molecule has 1 amide bonds. The third-order valence-electron chi connectivity index (χ3n) is 5.09. The van der Waals surface area contributed by atoms with Crippen molar-refractivity contribution in [1.29, 1.82) is 0 Å². The standard InChI is InChI=1S/C24H16F3N3O5S/c1-34-21-12-14(11-17-22(31)29(23(36)28-17)16-5-3-2-4-6-16)7-9-20(21)35-19-10-8-15(24(25,26)27)13-18(19)30(32)33/h2-13H,1H3,(H,28,36)/b17-11-. The Bertz CT molecular complexity index is 1390. The summed E-state index contributed by atoms with van der Waals surface area (Å²) in [5.41, 5.74) is -0.712. The lowest BCUT2D eigenvalue weighted by molar-refractivity contribution is -0.385. The van der Waals surface area contributed by atoms with Crippen molar-refractivity contribution in [3.05, 3.63) is 93.7 Å². The summed E-state index contributed by atoms with van der Waals surface area (Å²) in [5, 5.41) is 14.4. The number of hydrogen-bond donors (Lipinski definition) is 1. The molecule has 3 aromatic rings. The van der Waals surface area contributed by atoms with Gasteiger partial charge < -0.3 is 14.8 Å². The van der Waals surface area contributed by atoms with Crippen molar-refractivity contribution in [2.24, 2.45) is 0 Å². The number of ether oxygens (including phenoxy) is 2. The topological polar surface area (TPSA) is 93.9 Å². The number of rotatable bonds is 6. The molecular weight excluding hydrogens is 499 g/mol. The second-order valence-electron chi connectivity index (χ2n) is 7.41. The number of para-hydroxylation sites is 1. The lowest BCUT2D eigenvalue weighted by Crippen LogP contribution is -2.30. The summed E-state index contributed by atoms with van der Waals surface area (Å²) in [6, 6.07) is 15.3. The molecule has 0 saturated carbocycles. The number of amides is 1. The van der Waals surface area contributed by atoms with Crippen LogP contribution in [0.2, 0.25) is 0 Å². The summed E-state index contributed by atoms with van der Waals surface area (Å²) in [6.45, 7) is 0. The number of thiocarbonyl (C=S) groups is 1. The Balaban J connectivity index is 1.62. The van der Waals surface area contributed by atoms with Gasteiger partial charge >= 0.3 is 11.9 Å². The van der Waals surface area contributed by atoms with Gasteiger partial charge in [0.1, 0.15) is 5.70 Å². The van der Waals surface area contributed by atoms with Crippen molar-refractivity contribution in [1.82, 2.24) is 5.32 Å². The zero-order valence-corrected chi connectivity index (χ0v) is 19.2. The van der Waals surface area contributed by atoms with Gasteiger partial charge in [0.15, 0.2) is 16.6 Å². The van der Waals surface area contributed by atoms with Crippen molar-refractivity contribution in [3.8, 4) is 17.2 Å². The summed E-state index contributed by atoms with van der Waals surface area (Å²) < 4.78 is 49.7. The van der Waals surface area contributed by atoms with E-state index in [1.807, 2.05) is 6.07 Å². The minimum absolute atomic E-state index is 0.0228. The highest BCUT2D eigenvalue weighted by atomic mass is 32.1. The number of hydrogen-bond acceptors (Lipinski definition) is 6. The van der Waals surface area contributed by atoms with E-state index in [1.165, 1.54) is 30.2 Å². The molecule has 1 saturated heterocycles. The maximum Gasteiger partial charge on any atom is 0.416 e. The summed E-state index contributed by atoms with van der Waals surface area (Å²) in [5.74, 6) is -0.610. The number of nitro groups is 1. The fraction of sp³-hybridized carbons (Fsp3) is 0.0833. The zero-order valence-electron chi connectivity index (χ0n) is 18.4. The zero-order chi connectivity index (χ0) is 26.0. The van der Waals surface area contributed by atoms with Gasteiger partial charge in [0, 0.05) is 6.07 Å². The van der Waals surface area contributed by atoms with Crippen LogP contribution in [0, 0.1) is 10.1 Å². The molecule has 1 aliphatic heterocycles. The molecule has 3 aromatic carbocycles. The van der Waals surface area contributed by atoms with Gasteiger partial charge in [-0.2, -0.15) is 13.2 Å². The van der Waals surface area contributed by atoms with Crippen molar-refractivity contribution < 1.29 is 32.4 Å². The lowest BCUT2D eigenvalue weighted by atomic mass is 10.1. The predicted molar refractivity (Wildman–Crippen MR) is 129 cm³/mol. The average Bonchev–Trinajstić information content (AvgIpc) is 3.12. The Morgan fingerprint density at radius 2 is 1.72 bits per heavy atom. The first kappa shape index (κ1) is 24.7. The molecule has 1 N–H and O–H groups in total. The highest BCUT2D eigenvalue weighted by Gasteiger charge is 2.34. The van der Waals surface area contributed by atoms with Gasteiger partial charge in [-0.3, -0.25) is 19.8 Å². The van der Waals surface area contributed by atoms with E-state index in [0.29, 0.717) is 23.4 Å². The first-order valence-electron chi connectivity index (χ1n) is 10.2. The number of benzene rings is 3. The molecule has 0 spiro atoms. The minimum atomic E-state index is -4.75. The van der Waals surface area contributed by atoms with Gasteiger partial charge in [0.2, 0.25) is 5.75 Å². The molecule has 12 heteroatoms. The van der Waals surface area contributed by atoms with E-state index in [-0.39, 0.29) is 28.2 Å². The number of nitrogens with zero attached hydrogens (tertiary/aromatic N) is 2. The largest absolute Gasteiger partial charge is 0.493 e. The number of carbonyl (C=O) groups excluding carboxylic acids is 1. The quantitative estimate of drug-likeness (QED) is 0.195. The Hall–Kier alpha value is -4.45.